The van der Waals surface area contributed by atoms with Crippen molar-refractivity contribution in [1.29, 1.82) is 5.26 Å². The van der Waals surface area contributed by atoms with Gasteiger partial charge >= 0.3 is 6.09 Å². The van der Waals surface area contributed by atoms with Gasteiger partial charge in [0.25, 0.3) is 0 Å². The van der Waals surface area contributed by atoms with E-state index in [9.17, 15) is 15.2 Å². The van der Waals surface area contributed by atoms with Crippen molar-refractivity contribution in [2.24, 2.45) is 0 Å². The van der Waals surface area contributed by atoms with Crippen molar-refractivity contribution in [3.63, 3.8) is 0 Å². The molecule has 2 atom stereocenters. The Labute approximate surface area is 239 Å². The monoisotopic (exact) mass is 558 g/mol. The number of nitrogens with zero attached hydrogens (tertiary/aromatic N) is 5. The summed E-state index contributed by atoms with van der Waals surface area (Å²) in [6.07, 6.45) is 4.45. The van der Waals surface area contributed by atoms with E-state index in [2.05, 4.69) is 21.4 Å². The topological polar surface area (TPSA) is 143 Å². The second kappa shape index (κ2) is 11.3. The van der Waals surface area contributed by atoms with E-state index >= 15 is 0 Å². The molecule has 3 aromatic rings. The van der Waals surface area contributed by atoms with Crippen LogP contribution in [0.1, 0.15) is 51.7 Å². The van der Waals surface area contributed by atoms with Gasteiger partial charge in [-0.25, -0.2) is 19.7 Å². The molecule has 1 aromatic carbocycles. The number of ether oxygens (including phenoxy) is 3. The van der Waals surface area contributed by atoms with Crippen LogP contribution in [-0.2, 0) is 14.9 Å². The van der Waals surface area contributed by atoms with E-state index in [0.717, 1.165) is 19.4 Å². The molecule has 1 saturated heterocycles. The molecule has 0 aliphatic carbocycles. The average Bonchev–Trinajstić information content (AvgIpc) is 3.27. The number of nitriles is 1. The largest absolute Gasteiger partial charge is 0.470 e. The number of fused-ring (bicyclic) bond motifs is 1. The molecular weight excluding hydrogens is 524 g/mol. The number of aliphatic hydroxyl groups excluding tert-OH is 1. The number of rotatable bonds is 6. The number of hydrogen-bond donors (Lipinski definition) is 2. The van der Waals surface area contributed by atoms with Crippen LogP contribution in [0.4, 0.5) is 22.1 Å². The molecule has 0 spiro atoms. The van der Waals surface area contributed by atoms with Crippen LogP contribution >= 0.6 is 0 Å². The molecular formula is C30H34N6O5. The van der Waals surface area contributed by atoms with Crippen LogP contribution in [0.25, 0.3) is 11.3 Å². The van der Waals surface area contributed by atoms with Gasteiger partial charge in [-0.2, -0.15) is 5.26 Å². The summed E-state index contributed by atoms with van der Waals surface area (Å²) < 4.78 is 17.2. The van der Waals surface area contributed by atoms with E-state index < -0.39 is 17.1 Å². The van der Waals surface area contributed by atoms with Gasteiger partial charge in [-0.1, -0.05) is 6.92 Å². The van der Waals surface area contributed by atoms with Crippen LogP contribution in [0.15, 0.2) is 42.7 Å². The number of carbonyl (C=O) groups is 1. The number of pyridine rings is 1. The zero-order chi connectivity index (χ0) is 29.2. The number of hydrogen-bond acceptors (Lipinski definition) is 10. The SMILES string of the molecule is CC(C)(C)OC(=O)N1CC(C)(CO)c2cc(-c3ccnc(Nc4cccnc4OC4CCCOC4)n3)cc(C#N)c21. The van der Waals surface area contributed by atoms with E-state index in [1.807, 2.05) is 19.1 Å². The third kappa shape index (κ3) is 6.09. The van der Waals surface area contributed by atoms with Gasteiger partial charge in [0, 0.05) is 36.5 Å². The molecule has 2 aromatic heterocycles. The predicted molar refractivity (Wildman–Crippen MR) is 152 cm³/mol. The van der Waals surface area contributed by atoms with Crippen LogP contribution in [0, 0.1) is 11.3 Å². The van der Waals surface area contributed by atoms with Crippen LogP contribution in [0.2, 0.25) is 0 Å². The quantitative estimate of drug-likeness (QED) is 0.436. The summed E-state index contributed by atoms with van der Waals surface area (Å²) >= 11 is 0. The summed E-state index contributed by atoms with van der Waals surface area (Å²) in [4.78, 5) is 28.0. The highest BCUT2D eigenvalue weighted by Crippen LogP contribution is 2.45. The van der Waals surface area contributed by atoms with Crippen molar-refractivity contribution in [2.45, 2.75) is 57.7 Å². The first-order valence-corrected chi connectivity index (χ1v) is 13.6. The van der Waals surface area contributed by atoms with Gasteiger partial charge in [0.2, 0.25) is 11.8 Å². The fourth-order valence-corrected chi connectivity index (χ4v) is 4.98. The molecule has 0 radical (unpaired) electrons. The molecule has 2 aliphatic heterocycles. The van der Waals surface area contributed by atoms with E-state index in [-0.39, 0.29) is 24.8 Å². The Hall–Kier alpha value is -4.27. The highest BCUT2D eigenvalue weighted by Gasteiger charge is 2.44. The minimum atomic E-state index is -0.799. The molecule has 0 bridgehead atoms. The van der Waals surface area contributed by atoms with Gasteiger partial charge in [0.1, 0.15) is 23.5 Å². The van der Waals surface area contributed by atoms with Crippen molar-refractivity contribution in [3.8, 4) is 23.2 Å². The fraction of sp³-hybridized carbons (Fsp3) is 0.433. The number of carbonyl (C=O) groups excluding carboxylic acids is 1. The maximum atomic E-state index is 13.1. The first-order valence-electron chi connectivity index (χ1n) is 13.6. The Morgan fingerprint density at radius 3 is 2.83 bits per heavy atom. The standard InChI is InChI=1S/C30H34N6O5/c1-29(2,3)41-28(38)36-17-30(4,18-37)22-14-19(13-20(15-31)25(22)36)23-9-11-33-27(34-23)35-24-8-5-10-32-26(24)40-21-7-6-12-39-16-21/h5,8-11,13-14,21,37H,6-7,12,16-18H2,1-4H3,(H,33,34,35). The van der Waals surface area contributed by atoms with Crippen molar-refractivity contribution in [1.82, 2.24) is 15.0 Å². The van der Waals surface area contributed by atoms with Gasteiger partial charge < -0.3 is 24.6 Å². The molecule has 11 heteroatoms. The molecule has 1 fully saturated rings. The van der Waals surface area contributed by atoms with Gasteiger partial charge in [0.05, 0.1) is 30.2 Å². The van der Waals surface area contributed by atoms with Gasteiger partial charge in [0.15, 0.2) is 0 Å². The number of nitrogens with one attached hydrogen (secondary N) is 1. The normalized spacial score (nSPS) is 20.2. The highest BCUT2D eigenvalue weighted by atomic mass is 16.6. The van der Waals surface area contributed by atoms with E-state index in [4.69, 9.17) is 19.2 Å². The number of aliphatic hydroxyl groups is 1. The molecule has 41 heavy (non-hydrogen) atoms. The van der Waals surface area contributed by atoms with Crippen LogP contribution in [0.5, 0.6) is 5.88 Å². The Morgan fingerprint density at radius 2 is 2.12 bits per heavy atom. The van der Waals surface area contributed by atoms with Gasteiger partial charge in [-0.15, -0.1) is 0 Å². The Balaban J connectivity index is 1.47. The number of amides is 1. The fourth-order valence-electron chi connectivity index (χ4n) is 4.98. The molecule has 11 nitrogen and oxygen atoms in total. The molecule has 214 valence electrons. The van der Waals surface area contributed by atoms with E-state index in [0.29, 0.717) is 46.6 Å². The van der Waals surface area contributed by atoms with Crippen molar-refractivity contribution in [3.05, 3.63) is 53.9 Å². The maximum Gasteiger partial charge on any atom is 0.414 e. The smallest absolute Gasteiger partial charge is 0.414 e. The van der Waals surface area contributed by atoms with Crippen LogP contribution in [-0.4, -0.2) is 64.2 Å². The van der Waals surface area contributed by atoms with Crippen molar-refractivity contribution in [2.75, 3.05) is 36.6 Å². The lowest BCUT2D eigenvalue weighted by atomic mass is 9.83. The van der Waals surface area contributed by atoms with Crippen LogP contribution in [0.3, 0.4) is 0 Å². The summed E-state index contributed by atoms with van der Waals surface area (Å²) in [6.45, 7) is 8.42. The predicted octanol–water partition coefficient (Wildman–Crippen LogP) is 4.72. The molecule has 2 N–H and O–H groups in total. The number of benzene rings is 1. The molecule has 5 rings (SSSR count). The zero-order valence-corrected chi connectivity index (χ0v) is 23.7. The lowest BCUT2D eigenvalue weighted by Crippen LogP contribution is -2.40. The summed E-state index contributed by atoms with van der Waals surface area (Å²) in [7, 11) is 0. The third-order valence-corrected chi connectivity index (χ3v) is 6.99. The van der Waals surface area contributed by atoms with Gasteiger partial charge in [-0.3, -0.25) is 4.90 Å². The summed E-state index contributed by atoms with van der Waals surface area (Å²) in [5, 5.41) is 23.7. The second-order valence-corrected chi connectivity index (χ2v) is 11.5. The average molecular weight is 559 g/mol. The molecule has 1 amide bonds. The maximum absolute atomic E-state index is 13.1. The summed E-state index contributed by atoms with van der Waals surface area (Å²) in [5.41, 5.74) is 1.71. The third-order valence-electron chi connectivity index (χ3n) is 6.99. The second-order valence-electron chi connectivity index (χ2n) is 11.5. The summed E-state index contributed by atoms with van der Waals surface area (Å²) in [5.74, 6) is 0.752. The van der Waals surface area contributed by atoms with E-state index in [1.165, 1.54) is 4.90 Å². The lowest BCUT2D eigenvalue weighted by molar-refractivity contribution is 0.00585. The lowest BCUT2D eigenvalue weighted by Gasteiger charge is -2.26. The first kappa shape index (κ1) is 28.3. The number of aromatic nitrogens is 3. The number of anilines is 3. The summed E-state index contributed by atoms with van der Waals surface area (Å²) in [6, 6.07) is 11.1. The molecule has 0 saturated carbocycles. The molecule has 2 aliphatic rings. The molecule has 4 heterocycles. The minimum Gasteiger partial charge on any atom is -0.470 e. The van der Waals surface area contributed by atoms with Crippen molar-refractivity contribution >= 4 is 23.4 Å². The van der Waals surface area contributed by atoms with Gasteiger partial charge in [-0.05, 0) is 69.5 Å². The molecule has 2 unspecified atom stereocenters. The Bertz CT molecular complexity index is 1480. The highest BCUT2D eigenvalue weighted by molar-refractivity contribution is 5.95. The Kier molecular flexibility index (Phi) is 7.80. The van der Waals surface area contributed by atoms with Crippen molar-refractivity contribution < 1.29 is 24.1 Å². The minimum absolute atomic E-state index is 0.0802. The zero-order valence-electron chi connectivity index (χ0n) is 23.7. The first-order chi connectivity index (χ1) is 19.6. The Morgan fingerprint density at radius 1 is 1.29 bits per heavy atom. The van der Waals surface area contributed by atoms with E-state index in [1.54, 1.807) is 51.4 Å². The van der Waals surface area contributed by atoms with Crippen LogP contribution < -0.4 is 15.0 Å².